The molecule has 0 spiro atoms. The zero-order valence-corrected chi connectivity index (χ0v) is 19.7. The highest BCUT2D eigenvalue weighted by Crippen LogP contribution is 2.32. The van der Waals surface area contributed by atoms with Crippen molar-refractivity contribution in [3.05, 3.63) is 54.6 Å². The molecule has 4 rings (SSSR count). The maximum Gasteiger partial charge on any atom is 0.236 e. The van der Waals surface area contributed by atoms with Crippen molar-refractivity contribution in [2.45, 2.75) is 56.0 Å². The molecule has 2 unspecified atom stereocenters. The van der Waals surface area contributed by atoms with Gasteiger partial charge in [0, 0.05) is 23.8 Å². The first-order valence-corrected chi connectivity index (χ1v) is 12.1. The fourth-order valence-electron chi connectivity index (χ4n) is 4.24. The number of hydrogen-bond acceptors (Lipinski definition) is 5. The number of hydrogen-bond donors (Lipinski definition) is 0. The van der Waals surface area contributed by atoms with Gasteiger partial charge in [0.1, 0.15) is 5.75 Å². The van der Waals surface area contributed by atoms with Crippen molar-refractivity contribution < 1.29 is 9.53 Å². The molecule has 32 heavy (non-hydrogen) atoms. The Balaban J connectivity index is 1.66. The topological polar surface area (TPSA) is 60.2 Å². The van der Waals surface area contributed by atoms with E-state index in [-0.39, 0.29) is 11.2 Å². The normalized spacial score (nSPS) is 17.2. The number of benzene rings is 2. The smallest absolute Gasteiger partial charge is 0.236 e. The molecule has 1 aromatic heterocycles. The zero-order valence-electron chi connectivity index (χ0n) is 18.9. The van der Waals surface area contributed by atoms with Crippen molar-refractivity contribution in [3.63, 3.8) is 0 Å². The Morgan fingerprint density at radius 2 is 1.88 bits per heavy atom. The maximum absolute atomic E-state index is 13.3. The van der Waals surface area contributed by atoms with Gasteiger partial charge in [-0.25, -0.2) is 0 Å². The summed E-state index contributed by atoms with van der Waals surface area (Å²) in [5.74, 6) is 1.73. The van der Waals surface area contributed by atoms with E-state index in [9.17, 15) is 4.79 Å². The van der Waals surface area contributed by atoms with Gasteiger partial charge in [0.15, 0.2) is 11.0 Å². The quantitative estimate of drug-likeness (QED) is 0.462. The van der Waals surface area contributed by atoms with E-state index in [1.807, 2.05) is 66.1 Å². The van der Waals surface area contributed by atoms with Crippen LogP contribution in [0.4, 0.5) is 0 Å². The predicted octanol–water partition coefficient (Wildman–Crippen LogP) is 5.21. The summed E-state index contributed by atoms with van der Waals surface area (Å²) in [7, 11) is 1.65. The SMILES string of the molecule is CCC1CCCCN1C(=O)C(C)Sc1nnc(-c2ccccc2)n1-c1ccc(OC)cc1. The van der Waals surface area contributed by atoms with Gasteiger partial charge >= 0.3 is 0 Å². The molecular formula is C25H30N4O2S. The van der Waals surface area contributed by atoms with Crippen LogP contribution in [0.5, 0.6) is 5.75 Å². The van der Waals surface area contributed by atoms with Gasteiger partial charge < -0.3 is 9.64 Å². The van der Waals surface area contributed by atoms with Crippen LogP contribution in [-0.2, 0) is 4.79 Å². The van der Waals surface area contributed by atoms with Crippen molar-refractivity contribution in [2.24, 2.45) is 0 Å². The summed E-state index contributed by atoms with van der Waals surface area (Å²) in [5, 5.41) is 9.45. The summed E-state index contributed by atoms with van der Waals surface area (Å²) in [6, 6.07) is 18.2. The fourth-order valence-corrected chi connectivity index (χ4v) is 5.18. The molecule has 1 amide bonds. The number of carbonyl (C=O) groups excluding carboxylic acids is 1. The van der Waals surface area contributed by atoms with E-state index >= 15 is 0 Å². The number of rotatable bonds is 7. The minimum atomic E-state index is -0.244. The van der Waals surface area contributed by atoms with Crippen molar-refractivity contribution >= 4 is 17.7 Å². The van der Waals surface area contributed by atoms with Crippen molar-refractivity contribution in [1.29, 1.82) is 0 Å². The third kappa shape index (κ3) is 4.67. The Morgan fingerprint density at radius 1 is 1.12 bits per heavy atom. The van der Waals surface area contributed by atoms with Crippen LogP contribution in [0.25, 0.3) is 17.1 Å². The summed E-state index contributed by atoms with van der Waals surface area (Å²) < 4.78 is 7.34. The number of aromatic nitrogens is 3. The predicted molar refractivity (Wildman–Crippen MR) is 128 cm³/mol. The zero-order chi connectivity index (χ0) is 22.5. The van der Waals surface area contributed by atoms with E-state index in [0.717, 1.165) is 48.6 Å². The van der Waals surface area contributed by atoms with Gasteiger partial charge in [-0.05, 0) is 56.9 Å². The average molecular weight is 451 g/mol. The third-order valence-corrected chi connectivity index (χ3v) is 7.04. The average Bonchev–Trinajstić information content (AvgIpc) is 3.27. The number of ether oxygens (including phenoxy) is 1. The van der Waals surface area contributed by atoms with E-state index in [0.29, 0.717) is 11.2 Å². The highest BCUT2D eigenvalue weighted by Gasteiger charge is 2.30. The Labute approximate surface area is 194 Å². The molecule has 1 fully saturated rings. The lowest BCUT2D eigenvalue weighted by molar-refractivity contribution is -0.134. The van der Waals surface area contributed by atoms with Crippen LogP contribution >= 0.6 is 11.8 Å². The van der Waals surface area contributed by atoms with Gasteiger partial charge in [-0.3, -0.25) is 9.36 Å². The fraction of sp³-hybridized carbons (Fsp3) is 0.400. The molecule has 1 aliphatic heterocycles. The van der Waals surface area contributed by atoms with Crippen LogP contribution < -0.4 is 4.74 Å². The van der Waals surface area contributed by atoms with Crippen LogP contribution in [0.1, 0.15) is 39.5 Å². The number of likely N-dealkylation sites (tertiary alicyclic amines) is 1. The summed E-state index contributed by atoms with van der Waals surface area (Å²) in [6.45, 7) is 4.99. The first-order chi connectivity index (χ1) is 15.6. The summed E-state index contributed by atoms with van der Waals surface area (Å²) in [6.07, 6.45) is 4.39. The van der Waals surface area contributed by atoms with Crippen LogP contribution in [0, 0.1) is 0 Å². The van der Waals surface area contributed by atoms with E-state index in [1.54, 1.807) is 7.11 Å². The van der Waals surface area contributed by atoms with Crippen molar-refractivity contribution in [1.82, 2.24) is 19.7 Å². The van der Waals surface area contributed by atoms with Gasteiger partial charge in [-0.2, -0.15) is 0 Å². The molecule has 0 bridgehead atoms. The number of amides is 1. The van der Waals surface area contributed by atoms with Gasteiger partial charge in [0.05, 0.1) is 12.4 Å². The molecule has 6 nitrogen and oxygen atoms in total. The number of methoxy groups -OCH3 is 1. The molecule has 2 aromatic carbocycles. The lowest BCUT2D eigenvalue weighted by Gasteiger charge is -2.36. The van der Waals surface area contributed by atoms with Crippen LogP contribution in [0.3, 0.4) is 0 Å². The summed E-state index contributed by atoms with van der Waals surface area (Å²) in [4.78, 5) is 15.4. The van der Waals surface area contributed by atoms with E-state index in [4.69, 9.17) is 4.74 Å². The van der Waals surface area contributed by atoms with Gasteiger partial charge in [0.2, 0.25) is 5.91 Å². The van der Waals surface area contributed by atoms with Crippen LogP contribution in [0.2, 0.25) is 0 Å². The van der Waals surface area contributed by atoms with E-state index in [2.05, 4.69) is 22.0 Å². The van der Waals surface area contributed by atoms with Crippen molar-refractivity contribution in [2.75, 3.05) is 13.7 Å². The molecule has 7 heteroatoms. The third-order valence-electron chi connectivity index (χ3n) is 6.01. The maximum atomic E-state index is 13.3. The highest BCUT2D eigenvalue weighted by atomic mass is 32.2. The molecule has 2 heterocycles. The van der Waals surface area contributed by atoms with Gasteiger partial charge in [-0.1, -0.05) is 49.0 Å². The molecule has 2 atom stereocenters. The molecule has 0 radical (unpaired) electrons. The van der Waals surface area contributed by atoms with E-state index < -0.39 is 0 Å². The second kappa shape index (κ2) is 10.2. The van der Waals surface area contributed by atoms with Gasteiger partial charge in [-0.15, -0.1) is 10.2 Å². The highest BCUT2D eigenvalue weighted by molar-refractivity contribution is 8.00. The van der Waals surface area contributed by atoms with Crippen LogP contribution in [-0.4, -0.2) is 50.5 Å². The Morgan fingerprint density at radius 3 is 2.56 bits per heavy atom. The Bertz CT molecular complexity index is 1040. The first kappa shape index (κ1) is 22.4. The first-order valence-electron chi connectivity index (χ1n) is 11.2. The number of thioether (sulfide) groups is 1. The molecule has 0 aliphatic carbocycles. The second-order valence-corrected chi connectivity index (χ2v) is 9.36. The summed E-state index contributed by atoms with van der Waals surface area (Å²) >= 11 is 1.47. The monoisotopic (exact) mass is 450 g/mol. The van der Waals surface area contributed by atoms with Crippen molar-refractivity contribution in [3.8, 4) is 22.8 Å². The molecular weight excluding hydrogens is 420 g/mol. The number of nitrogens with zero attached hydrogens (tertiary/aromatic N) is 4. The van der Waals surface area contributed by atoms with Crippen LogP contribution in [0.15, 0.2) is 59.8 Å². The minimum Gasteiger partial charge on any atom is -0.497 e. The lowest BCUT2D eigenvalue weighted by atomic mass is 10.00. The Kier molecular flexibility index (Phi) is 7.15. The molecule has 1 saturated heterocycles. The van der Waals surface area contributed by atoms with E-state index in [1.165, 1.54) is 18.2 Å². The Hall–Kier alpha value is -2.80. The summed E-state index contributed by atoms with van der Waals surface area (Å²) in [5.41, 5.74) is 1.91. The largest absolute Gasteiger partial charge is 0.497 e. The minimum absolute atomic E-state index is 0.187. The molecule has 3 aromatic rings. The number of carbonyl (C=O) groups is 1. The van der Waals surface area contributed by atoms with Gasteiger partial charge in [0.25, 0.3) is 0 Å². The molecule has 0 N–H and O–H groups in total. The molecule has 168 valence electrons. The molecule has 0 saturated carbocycles. The lowest BCUT2D eigenvalue weighted by Crippen LogP contribution is -2.46. The standard InChI is InChI=1S/C25H30N4O2S/c1-4-20-12-8-9-17-28(20)24(30)18(2)32-25-27-26-23(19-10-6-5-7-11-19)29(25)21-13-15-22(31-3)16-14-21/h5-7,10-11,13-16,18,20H,4,8-9,12,17H2,1-3H3. The number of piperidine rings is 1. The molecule has 1 aliphatic rings. The second-order valence-electron chi connectivity index (χ2n) is 8.06.